The number of hydrogen-bond acceptors (Lipinski definition) is 1. The van der Waals surface area contributed by atoms with Crippen molar-refractivity contribution >= 4 is 22.1 Å². The first-order valence-corrected chi connectivity index (χ1v) is 12.0. The Morgan fingerprint density at radius 2 is 0.943 bits per heavy atom. The zero-order chi connectivity index (χ0) is 23.2. The molecule has 1 aliphatic rings. The van der Waals surface area contributed by atoms with Gasteiger partial charge in [-0.1, -0.05) is 115 Å². The molecule has 0 unspecified atom stereocenters. The third-order valence-electron chi connectivity index (χ3n) is 7.01. The van der Waals surface area contributed by atoms with Crippen LogP contribution in [0.4, 0.5) is 11.4 Å². The fourth-order valence-corrected chi connectivity index (χ4v) is 5.44. The van der Waals surface area contributed by atoms with Crippen LogP contribution in [0.1, 0.15) is 0 Å². The maximum Gasteiger partial charge on any atom is 0.0464 e. The minimum atomic E-state index is 1.08. The van der Waals surface area contributed by atoms with Crippen LogP contribution in [0.15, 0.2) is 133 Å². The number of hydrogen-bond donors (Lipinski definition) is 1. The van der Waals surface area contributed by atoms with Crippen LogP contribution in [0.3, 0.4) is 0 Å². The van der Waals surface area contributed by atoms with E-state index in [-0.39, 0.29) is 0 Å². The van der Waals surface area contributed by atoms with Gasteiger partial charge in [-0.05, 0) is 68.1 Å². The van der Waals surface area contributed by atoms with Crippen molar-refractivity contribution in [3.8, 4) is 44.5 Å². The van der Waals surface area contributed by atoms with Gasteiger partial charge in [0.1, 0.15) is 0 Å². The van der Waals surface area contributed by atoms with Crippen molar-refractivity contribution in [1.82, 2.24) is 0 Å². The second kappa shape index (κ2) is 8.00. The van der Waals surface area contributed by atoms with Gasteiger partial charge < -0.3 is 5.32 Å². The second-order valence-corrected chi connectivity index (χ2v) is 9.05. The molecule has 164 valence electrons. The lowest BCUT2D eigenvalue weighted by atomic mass is 9.94. The zero-order valence-electron chi connectivity index (χ0n) is 19.2. The first kappa shape index (κ1) is 19.8. The van der Waals surface area contributed by atoms with Crippen LogP contribution >= 0.6 is 0 Å². The summed E-state index contributed by atoms with van der Waals surface area (Å²) in [6, 6.07) is 47.8. The summed E-state index contributed by atoms with van der Waals surface area (Å²) in [4.78, 5) is 0. The number of anilines is 2. The summed E-state index contributed by atoms with van der Waals surface area (Å²) in [7, 11) is 0. The molecule has 0 saturated carbocycles. The number of fused-ring (bicyclic) bond motifs is 3. The molecule has 1 heteroatoms. The van der Waals surface area contributed by atoms with E-state index in [1.54, 1.807) is 0 Å². The molecule has 0 saturated heterocycles. The van der Waals surface area contributed by atoms with E-state index in [1.165, 1.54) is 55.3 Å². The molecule has 0 amide bonds. The Kier molecular flexibility index (Phi) is 4.53. The quantitative estimate of drug-likeness (QED) is 0.284. The van der Waals surface area contributed by atoms with Crippen LogP contribution in [0.2, 0.25) is 0 Å². The molecular formula is C34H23N. The number of rotatable bonds is 4. The van der Waals surface area contributed by atoms with E-state index >= 15 is 0 Å². The molecule has 0 fully saturated rings. The highest BCUT2D eigenvalue weighted by Gasteiger charge is 2.21. The molecule has 0 radical (unpaired) electrons. The van der Waals surface area contributed by atoms with E-state index < -0.39 is 0 Å². The summed E-state index contributed by atoms with van der Waals surface area (Å²) in [6.07, 6.45) is 0. The minimum Gasteiger partial charge on any atom is -0.355 e. The van der Waals surface area contributed by atoms with Gasteiger partial charge in [0.15, 0.2) is 0 Å². The van der Waals surface area contributed by atoms with Gasteiger partial charge in [-0.25, -0.2) is 0 Å². The van der Waals surface area contributed by atoms with Crippen LogP contribution in [0, 0.1) is 0 Å². The van der Waals surface area contributed by atoms with E-state index in [0.29, 0.717) is 0 Å². The van der Waals surface area contributed by atoms with E-state index in [2.05, 4.69) is 139 Å². The van der Waals surface area contributed by atoms with Crippen LogP contribution in [0.25, 0.3) is 55.3 Å². The Morgan fingerprint density at radius 3 is 1.71 bits per heavy atom. The maximum absolute atomic E-state index is 3.73. The van der Waals surface area contributed by atoms with Crippen molar-refractivity contribution in [2.45, 2.75) is 0 Å². The average molecular weight is 446 g/mol. The highest BCUT2D eigenvalue weighted by atomic mass is 14.9. The van der Waals surface area contributed by atoms with Crippen molar-refractivity contribution in [3.63, 3.8) is 0 Å². The van der Waals surface area contributed by atoms with Crippen molar-refractivity contribution in [2.24, 2.45) is 0 Å². The summed E-state index contributed by atoms with van der Waals surface area (Å²) in [5.74, 6) is 0. The van der Waals surface area contributed by atoms with Crippen LogP contribution < -0.4 is 5.32 Å². The summed E-state index contributed by atoms with van der Waals surface area (Å²) in [5, 5.41) is 6.32. The fourth-order valence-electron chi connectivity index (χ4n) is 5.44. The summed E-state index contributed by atoms with van der Waals surface area (Å²) in [6.45, 7) is 0. The van der Waals surface area contributed by atoms with Crippen LogP contribution in [0.5, 0.6) is 0 Å². The Hall–Kier alpha value is -4.62. The van der Waals surface area contributed by atoms with Crippen molar-refractivity contribution in [1.29, 1.82) is 0 Å². The predicted molar refractivity (Wildman–Crippen MR) is 149 cm³/mol. The molecule has 0 spiro atoms. The van der Waals surface area contributed by atoms with Gasteiger partial charge in [-0.2, -0.15) is 0 Å². The molecule has 1 N–H and O–H groups in total. The topological polar surface area (TPSA) is 12.0 Å². The SMILES string of the molecule is c1ccc(-c2ccccc2-c2cccc(Nc3ccc4c5c(cccc35)-c3ccccc3-4)c2)cc1. The standard InChI is InChI=1S/C34H23N/c1-2-10-23(11-3-1)26-14-4-5-15-27(26)24-12-8-13-25(22-24)35-33-21-20-31-29-17-7-6-16-28(29)30-18-9-19-32(33)34(30)31/h1-22,35H. The molecule has 35 heavy (non-hydrogen) atoms. The van der Waals surface area contributed by atoms with Gasteiger partial charge >= 0.3 is 0 Å². The van der Waals surface area contributed by atoms with Crippen LogP contribution in [-0.2, 0) is 0 Å². The smallest absolute Gasteiger partial charge is 0.0464 e. The molecule has 7 rings (SSSR count). The summed E-state index contributed by atoms with van der Waals surface area (Å²) >= 11 is 0. The number of benzene rings is 6. The Morgan fingerprint density at radius 1 is 0.371 bits per heavy atom. The first-order chi connectivity index (χ1) is 17.4. The van der Waals surface area contributed by atoms with Gasteiger partial charge in [-0.15, -0.1) is 0 Å². The fraction of sp³-hybridized carbons (Fsp3) is 0. The summed E-state index contributed by atoms with van der Waals surface area (Å²) in [5.41, 5.74) is 12.4. The van der Waals surface area contributed by atoms with Crippen molar-refractivity contribution in [2.75, 3.05) is 5.32 Å². The molecule has 1 nitrogen and oxygen atoms in total. The van der Waals surface area contributed by atoms with Gasteiger partial charge in [0.05, 0.1) is 0 Å². The third kappa shape index (κ3) is 3.25. The predicted octanol–water partition coefficient (Wildman–Crippen LogP) is 9.56. The van der Waals surface area contributed by atoms with Gasteiger partial charge in [-0.3, -0.25) is 0 Å². The second-order valence-electron chi connectivity index (χ2n) is 9.05. The molecule has 0 aliphatic heterocycles. The lowest BCUT2D eigenvalue weighted by Gasteiger charge is -2.14. The Bertz CT molecular complexity index is 1680. The van der Waals surface area contributed by atoms with E-state index in [4.69, 9.17) is 0 Å². The molecule has 6 aromatic carbocycles. The van der Waals surface area contributed by atoms with Gasteiger partial charge in [0, 0.05) is 16.8 Å². The van der Waals surface area contributed by atoms with Gasteiger partial charge in [0.2, 0.25) is 0 Å². The molecule has 0 heterocycles. The monoisotopic (exact) mass is 445 g/mol. The lowest BCUT2D eigenvalue weighted by molar-refractivity contribution is 1.55. The molecule has 1 aliphatic carbocycles. The molecule has 0 atom stereocenters. The van der Waals surface area contributed by atoms with E-state index in [9.17, 15) is 0 Å². The molecule has 0 aromatic heterocycles. The summed E-state index contributed by atoms with van der Waals surface area (Å²) < 4.78 is 0. The maximum atomic E-state index is 3.73. The zero-order valence-corrected chi connectivity index (χ0v) is 19.2. The average Bonchev–Trinajstić information content (AvgIpc) is 3.26. The highest BCUT2D eigenvalue weighted by Crippen LogP contribution is 2.49. The van der Waals surface area contributed by atoms with Crippen LogP contribution in [-0.4, -0.2) is 0 Å². The third-order valence-corrected chi connectivity index (χ3v) is 7.01. The number of nitrogens with one attached hydrogen (secondary N) is 1. The van der Waals surface area contributed by atoms with Crippen molar-refractivity contribution in [3.05, 3.63) is 133 Å². The van der Waals surface area contributed by atoms with E-state index in [0.717, 1.165) is 11.4 Å². The molecule has 6 aromatic rings. The lowest BCUT2D eigenvalue weighted by Crippen LogP contribution is -1.93. The normalized spacial score (nSPS) is 11.4. The molecule has 0 bridgehead atoms. The highest BCUT2D eigenvalue weighted by molar-refractivity contribution is 6.18. The largest absolute Gasteiger partial charge is 0.355 e. The molecular weight excluding hydrogens is 422 g/mol. The Labute approximate surface area is 205 Å². The van der Waals surface area contributed by atoms with E-state index in [1.807, 2.05) is 0 Å². The van der Waals surface area contributed by atoms with Crippen molar-refractivity contribution < 1.29 is 0 Å². The first-order valence-electron chi connectivity index (χ1n) is 12.0. The van der Waals surface area contributed by atoms with Gasteiger partial charge in [0.25, 0.3) is 0 Å². The Balaban J connectivity index is 1.30. The minimum absolute atomic E-state index is 1.08.